The molecule has 2 aliphatic heterocycles. The van der Waals surface area contributed by atoms with E-state index < -0.39 is 0 Å². The summed E-state index contributed by atoms with van der Waals surface area (Å²) in [4.78, 5) is 14.9. The van der Waals surface area contributed by atoms with E-state index in [2.05, 4.69) is 27.7 Å². The summed E-state index contributed by atoms with van der Waals surface area (Å²) in [5.41, 5.74) is 1.75. The monoisotopic (exact) mass is 477 g/mol. The highest BCUT2D eigenvalue weighted by atomic mass is 35.5. The first-order chi connectivity index (χ1) is 15.5. The fraction of sp³-hybridized carbons (Fsp3) is 0.458. The molecule has 0 aliphatic carbocycles. The van der Waals surface area contributed by atoms with E-state index in [0.717, 1.165) is 63.5 Å². The number of rotatable bonds is 8. The van der Waals surface area contributed by atoms with Crippen LogP contribution in [-0.2, 0) is 6.42 Å². The number of carbonyl (C=O) groups excluding carboxylic acids is 1. The predicted molar refractivity (Wildman–Crippen MR) is 127 cm³/mol. The molecule has 0 bridgehead atoms. The Labute approximate surface area is 199 Å². The molecule has 1 amide bonds. The summed E-state index contributed by atoms with van der Waals surface area (Å²) in [5.74, 6) is 1.47. The molecule has 2 N–H and O–H groups in total. The van der Waals surface area contributed by atoms with E-state index in [-0.39, 0.29) is 18.1 Å². The number of amides is 1. The minimum Gasteiger partial charge on any atom is -0.493 e. The molecule has 0 unspecified atom stereocenters. The third-order valence-corrected chi connectivity index (χ3v) is 6.78. The summed E-state index contributed by atoms with van der Waals surface area (Å²) < 4.78 is 11.6. The Morgan fingerprint density at radius 1 is 1.16 bits per heavy atom. The number of halogens is 2. The molecule has 2 fully saturated rings. The van der Waals surface area contributed by atoms with Crippen LogP contribution in [0.1, 0.15) is 28.8 Å². The Balaban J connectivity index is 1.28. The van der Waals surface area contributed by atoms with Gasteiger partial charge in [0.05, 0.1) is 17.2 Å². The smallest absolute Gasteiger partial charge is 0.251 e. The number of hydrogen-bond acceptors (Lipinski definition) is 5. The van der Waals surface area contributed by atoms with Crippen LogP contribution in [-0.4, -0.2) is 62.8 Å². The van der Waals surface area contributed by atoms with Crippen LogP contribution in [0.4, 0.5) is 0 Å². The maximum atomic E-state index is 12.5. The fourth-order valence-corrected chi connectivity index (χ4v) is 4.52. The van der Waals surface area contributed by atoms with E-state index in [9.17, 15) is 4.79 Å². The largest absolute Gasteiger partial charge is 0.493 e. The average Bonchev–Trinajstić information content (AvgIpc) is 3.46. The Morgan fingerprint density at radius 3 is 2.78 bits per heavy atom. The van der Waals surface area contributed by atoms with Crippen molar-refractivity contribution in [2.75, 3.05) is 39.8 Å². The molecule has 0 saturated carbocycles. The van der Waals surface area contributed by atoms with Gasteiger partial charge in [0.2, 0.25) is 0 Å². The molecule has 0 spiro atoms. The zero-order chi connectivity index (χ0) is 22.5. The predicted octanol–water partition coefficient (Wildman–Crippen LogP) is 3.79. The minimum absolute atomic E-state index is 0.117. The molecule has 32 heavy (non-hydrogen) atoms. The molecule has 2 aromatic carbocycles. The molecule has 2 heterocycles. The van der Waals surface area contributed by atoms with Crippen molar-refractivity contribution in [2.24, 2.45) is 0 Å². The van der Waals surface area contributed by atoms with Gasteiger partial charge in [0.25, 0.3) is 5.91 Å². The molecular formula is C24H29Cl2N3O3. The number of ether oxygens (including phenoxy) is 2. The Kier molecular flexibility index (Phi) is 7.79. The summed E-state index contributed by atoms with van der Waals surface area (Å²) in [6.07, 6.45) is 3.05. The van der Waals surface area contributed by atoms with Crippen LogP contribution in [0.15, 0.2) is 36.4 Å². The molecule has 0 aromatic heterocycles. The normalized spacial score (nSPS) is 21.0. The van der Waals surface area contributed by atoms with Crippen molar-refractivity contribution in [3.05, 3.63) is 57.6 Å². The lowest BCUT2D eigenvalue weighted by molar-refractivity contribution is 0.0938. The fourth-order valence-electron chi connectivity index (χ4n) is 4.22. The summed E-state index contributed by atoms with van der Waals surface area (Å²) >= 11 is 12.0. The molecule has 6 nitrogen and oxygen atoms in total. The lowest BCUT2D eigenvalue weighted by Gasteiger charge is -2.19. The van der Waals surface area contributed by atoms with Crippen molar-refractivity contribution in [2.45, 2.75) is 31.4 Å². The molecule has 2 aliphatic rings. The van der Waals surface area contributed by atoms with E-state index in [1.54, 1.807) is 25.3 Å². The summed E-state index contributed by atoms with van der Waals surface area (Å²) in [5, 5.41) is 7.27. The minimum atomic E-state index is -0.117. The van der Waals surface area contributed by atoms with Gasteiger partial charge in [0.1, 0.15) is 6.10 Å². The van der Waals surface area contributed by atoms with Crippen molar-refractivity contribution < 1.29 is 14.3 Å². The average molecular weight is 478 g/mol. The van der Waals surface area contributed by atoms with Crippen molar-refractivity contribution >= 4 is 29.1 Å². The first-order valence-corrected chi connectivity index (χ1v) is 11.8. The highest BCUT2D eigenvalue weighted by Crippen LogP contribution is 2.30. The van der Waals surface area contributed by atoms with Gasteiger partial charge in [-0.25, -0.2) is 0 Å². The van der Waals surface area contributed by atoms with E-state index in [0.29, 0.717) is 15.6 Å². The van der Waals surface area contributed by atoms with Gasteiger partial charge in [-0.1, -0.05) is 29.3 Å². The van der Waals surface area contributed by atoms with Crippen molar-refractivity contribution in [3.8, 4) is 11.5 Å². The summed E-state index contributed by atoms with van der Waals surface area (Å²) in [7, 11) is 1.67. The van der Waals surface area contributed by atoms with Crippen LogP contribution in [0.3, 0.4) is 0 Å². The number of benzene rings is 2. The molecule has 0 radical (unpaired) electrons. The van der Waals surface area contributed by atoms with Gasteiger partial charge in [0.15, 0.2) is 11.5 Å². The second-order valence-corrected chi connectivity index (χ2v) is 9.17. The quantitative estimate of drug-likeness (QED) is 0.605. The van der Waals surface area contributed by atoms with Crippen LogP contribution in [0.5, 0.6) is 11.5 Å². The summed E-state index contributed by atoms with van der Waals surface area (Å²) in [6.45, 7) is 4.58. The third kappa shape index (κ3) is 5.87. The van der Waals surface area contributed by atoms with Crippen molar-refractivity contribution in [1.29, 1.82) is 0 Å². The SMILES string of the molecule is COc1ccc(CCN2CC[C@H](NC(=O)c3ccc(Cl)c(Cl)c3)C2)cc1O[C@@H]1CCNC1. The van der Waals surface area contributed by atoms with E-state index >= 15 is 0 Å². The van der Waals surface area contributed by atoms with E-state index in [1.807, 2.05) is 6.07 Å². The summed E-state index contributed by atoms with van der Waals surface area (Å²) in [6, 6.07) is 11.3. The van der Waals surface area contributed by atoms with Gasteiger partial charge in [-0.3, -0.25) is 4.79 Å². The Bertz CT molecular complexity index is 950. The van der Waals surface area contributed by atoms with Crippen molar-refractivity contribution in [1.82, 2.24) is 15.5 Å². The van der Waals surface area contributed by atoms with Crippen LogP contribution in [0, 0.1) is 0 Å². The number of likely N-dealkylation sites (tertiary alicyclic amines) is 1. The molecule has 8 heteroatoms. The molecular weight excluding hydrogens is 449 g/mol. The number of methoxy groups -OCH3 is 1. The Morgan fingerprint density at radius 2 is 2.03 bits per heavy atom. The van der Waals surface area contributed by atoms with Gasteiger partial charge in [-0.05, 0) is 61.7 Å². The number of hydrogen-bond donors (Lipinski definition) is 2. The highest BCUT2D eigenvalue weighted by Gasteiger charge is 2.24. The zero-order valence-electron chi connectivity index (χ0n) is 18.2. The molecule has 172 valence electrons. The van der Waals surface area contributed by atoms with E-state index in [1.165, 1.54) is 5.56 Å². The van der Waals surface area contributed by atoms with Gasteiger partial charge >= 0.3 is 0 Å². The first-order valence-electron chi connectivity index (χ1n) is 11.0. The van der Waals surface area contributed by atoms with Gasteiger partial charge in [0, 0.05) is 37.8 Å². The van der Waals surface area contributed by atoms with Gasteiger partial charge in [-0.2, -0.15) is 0 Å². The lowest BCUT2D eigenvalue weighted by Crippen LogP contribution is -2.37. The van der Waals surface area contributed by atoms with E-state index in [4.69, 9.17) is 32.7 Å². The number of nitrogens with one attached hydrogen (secondary N) is 2. The van der Waals surface area contributed by atoms with Gasteiger partial charge in [-0.15, -0.1) is 0 Å². The number of carbonyl (C=O) groups is 1. The molecule has 2 saturated heterocycles. The van der Waals surface area contributed by atoms with Crippen LogP contribution in [0.25, 0.3) is 0 Å². The van der Waals surface area contributed by atoms with Gasteiger partial charge < -0.3 is 25.0 Å². The van der Waals surface area contributed by atoms with Crippen molar-refractivity contribution in [3.63, 3.8) is 0 Å². The first kappa shape index (κ1) is 23.2. The van der Waals surface area contributed by atoms with Crippen LogP contribution in [0.2, 0.25) is 10.0 Å². The standard InChI is InChI=1S/C24H29Cl2N3O3/c1-31-22-5-2-16(12-23(22)32-19-6-9-27-14-19)7-10-29-11-8-18(15-29)28-24(30)17-3-4-20(25)21(26)13-17/h2-5,12-13,18-19,27H,6-11,14-15H2,1H3,(H,28,30)/t18-,19+/m0/s1. The number of nitrogens with zero attached hydrogens (tertiary/aromatic N) is 1. The second kappa shape index (κ2) is 10.8. The highest BCUT2D eigenvalue weighted by molar-refractivity contribution is 6.42. The molecule has 2 atom stereocenters. The molecule has 4 rings (SSSR count). The lowest BCUT2D eigenvalue weighted by atomic mass is 10.1. The molecule has 2 aromatic rings. The topological polar surface area (TPSA) is 62.8 Å². The third-order valence-electron chi connectivity index (χ3n) is 6.04. The van der Waals surface area contributed by atoms with Crippen LogP contribution >= 0.6 is 23.2 Å². The maximum Gasteiger partial charge on any atom is 0.251 e. The Hall–Kier alpha value is -1.99. The zero-order valence-corrected chi connectivity index (χ0v) is 19.7. The van der Waals surface area contributed by atoms with Crippen LogP contribution < -0.4 is 20.1 Å². The maximum absolute atomic E-state index is 12.5. The second-order valence-electron chi connectivity index (χ2n) is 8.36.